The molecule has 0 saturated carbocycles. The summed E-state index contributed by atoms with van der Waals surface area (Å²) in [5, 5.41) is 0. The number of methoxy groups -OCH3 is 1. The van der Waals surface area contributed by atoms with Crippen LogP contribution in [0, 0.1) is 0 Å². The molecular weight excluding hydrogens is 329 g/mol. The monoisotopic (exact) mass is 355 g/mol. The number of nitrogens with zero attached hydrogens (tertiary/aromatic N) is 1. The van der Waals surface area contributed by atoms with E-state index in [1.54, 1.807) is 45.0 Å². The van der Waals surface area contributed by atoms with Crippen molar-refractivity contribution in [1.82, 2.24) is 4.90 Å². The third-order valence-electron chi connectivity index (χ3n) is 4.20. The number of fused-ring (bicyclic) bond motifs is 1. The lowest BCUT2D eigenvalue weighted by molar-refractivity contribution is 0.0768. The third-order valence-corrected chi connectivity index (χ3v) is 6.36. The van der Waals surface area contributed by atoms with Gasteiger partial charge in [0.1, 0.15) is 5.75 Å². The van der Waals surface area contributed by atoms with Crippen LogP contribution in [-0.4, -0.2) is 44.3 Å². The Hall–Kier alpha value is -1.36. The topological polar surface area (TPSA) is 65.1 Å². The molecule has 1 amide bonds. The average Bonchev–Trinajstić information content (AvgIpc) is 2.79. The van der Waals surface area contributed by atoms with Crippen LogP contribution in [0.1, 0.15) is 48.7 Å². The molecule has 1 aromatic rings. The first kappa shape index (κ1) is 19.0. The minimum Gasteiger partial charge on any atom is -0.497 e. The summed E-state index contributed by atoms with van der Waals surface area (Å²) in [4.78, 5) is 14.1. The Labute approximate surface area is 143 Å². The number of carbonyl (C=O) groups excluding carboxylic acids is 1. The minimum absolute atomic E-state index is 0.00968. The zero-order valence-corrected chi connectivity index (χ0v) is 15.7. The van der Waals surface area contributed by atoms with Gasteiger partial charge in [0.2, 0.25) is 0 Å². The molecule has 1 atom stereocenters. The summed E-state index contributed by atoms with van der Waals surface area (Å²) in [6.45, 7) is 4.33. The van der Waals surface area contributed by atoms with Gasteiger partial charge in [0.15, 0.2) is 0 Å². The van der Waals surface area contributed by atoms with Gasteiger partial charge < -0.3 is 18.7 Å². The normalized spacial score (nSPS) is 17.2. The van der Waals surface area contributed by atoms with Gasteiger partial charge in [-0.25, -0.2) is 0 Å². The summed E-state index contributed by atoms with van der Waals surface area (Å²) in [5.74, 6) is 0.742. The van der Waals surface area contributed by atoms with Gasteiger partial charge in [-0.2, -0.15) is 0 Å². The SMILES string of the molecule is CCOP(=O)(CCCC1c2cc(OC)ccc2C(=O)N1C)OCC. The molecule has 0 fully saturated rings. The van der Waals surface area contributed by atoms with E-state index in [0.717, 1.165) is 11.3 Å². The van der Waals surface area contributed by atoms with Gasteiger partial charge in [-0.1, -0.05) is 0 Å². The standard InChI is InChI=1S/C17H26NO5P/c1-5-22-24(20,23-6-2)11-7-8-16-15-12-13(21-4)9-10-14(15)17(19)18(16)3/h9-10,12,16H,5-8,11H2,1-4H3. The zero-order chi connectivity index (χ0) is 17.7. The summed E-state index contributed by atoms with van der Waals surface area (Å²) < 4.78 is 28.4. The molecule has 134 valence electrons. The van der Waals surface area contributed by atoms with Crippen molar-refractivity contribution in [1.29, 1.82) is 0 Å². The van der Waals surface area contributed by atoms with E-state index in [9.17, 15) is 9.36 Å². The lowest BCUT2D eigenvalue weighted by atomic mass is 10.0. The van der Waals surface area contributed by atoms with Crippen LogP contribution >= 0.6 is 7.60 Å². The van der Waals surface area contributed by atoms with Crippen molar-refractivity contribution in [3.63, 3.8) is 0 Å². The molecule has 1 aromatic carbocycles. The molecule has 0 N–H and O–H groups in total. The predicted molar refractivity (Wildman–Crippen MR) is 92.8 cm³/mol. The van der Waals surface area contributed by atoms with Gasteiger partial charge in [0.05, 0.1) is 32.5 Å². The number of rotatable bonds is 9. The first-order chi connectivity index (χ1) is 11.5. The first-order valence-electron chi connectivity index (χ1n) is 8.29. The molecule has 24 heavy (non-hydrogen) atoms. The molecule has 2 rings (SSSR count). The van der Waals surface area contributed by atoms with Crippen molar-refractivity contribution < 1.29 is 23.1 Å². The summed E-state index contributed by atoms with van der Waals surface area (Å²) in [6.07, 6.45) is 1.70. The van der Waals surface area contributed by atoms with Crippen LogP contribution in [0.2, 0.25) is 0 Å². The highest BCUT2D eigenvalue weighted by molar-refractivity contribution is 7.53. The Morgan fingerprint density at radius 3 is 2.46 bits per heavy atom. The Morgan fingerprint density at radius 2 is 1.88 bits per heavy atom. The number of amides is 1. The van der Waals surface area contributed by atoms with E-state index in [1.165, 1.54) is 0 Å². The number of hydrogen-bond acceptors (Lipinski definition) is 5. The molecular formula is C17H26NO5P. The Morgan fingerprint density at radius 1 is 1.21 bits per heavy atom. The molecule has 0 aromatic heterocycles. The van der Waals surface area contributed by atoms with E-state index < -0.39 is 7.60 Å². The van der Waals surface area contributed by atoms with Gasteiger partial charge in [-0.15, -0.1) is 0 Å². The minimum atomic E-state index is -3.04. The quantitative estimate of drug-likeness (QED) is 0.629. The lowest BCUT2D eigenvalue weighted by Gasteiger charge is -2.22. The fourth-order valence-corrected chi connectivity index (χ4v) is 4.75. The van der Waals surface area contributed by atoms with E-state index in [0.29, 0.717) is 37.8 Å². The van der Waals surface area contributed by atoms with Crippen molar-refractivity contribution >= 4 is 13.5 Å². The van der Waals surface area contributed by atoms with E-state index in [-0.39, 0.29) is 11.9 Å². The van der Waals surface area contributed by atoms with Crippen LogP contribution in [0.25, 0.3) is 0 Å². The smallest absolute Gasteiger partial charge is 0.330 e. The van der Waals surface area contributed by atoms with Crippen molar-refractivity contribution in [2.24, 2.45) is 0 Å². The number of hydrogen-bond donors (Lipinski definition) is 0. The maximum absolute atomic E-state index is 12.5. The molecule has 1 unspecified atom stereocenters. The van der Waals surface area contributed by atoms with Gasteiger partial charge in [0, 0.05) is 12.6 Å². The van der Waals surface area contributed by atoms with Crippen molar-refractivity contribution in [3.05, 3.63) is 29.3 Å². The van der Waals surface area contributed by atoms with Crippen LogP contribution in [0.15, 0.2) is 18.2 Å². The molecule has 1 aliphatic heterocycles. The molecule has 0 aliphatic carbocycles. The first-order valence-corrected chi connectivity index (χ1v) is 10.0. The molecule has 7 heteroatoms. The summed E-state index contributed by atoms with van der Waals surface area (Å²) >= 11 is 0. The zero-order valence-electron chi connectivity index (χ0n) is 14.8. The molecule has 1 heterocycles. The molecule has 1 aliphatic rings. The maximum atomic E-state index is 12.5. The number of benzene rings is 1. The summed E-state index contributed by atoms with van der Waals surface area (Å²) in [6, 6.07) is 5.47. The highest BCUT2D eigenvalue weighted by atomic mass is 31.2. The summed E-state index contributed by atoms with van der Waals surface area (Å²) in [5.41, 5.74) is 1.67. The van der Waals surface area contributed by atoms with Crippen LogP contribution in [-0.2, 0) is 13.6 Å². The van der Waals surface area contributed by atoms with E-state index in [2.05, 4.69) is 0 Å². The van der Waals surface area contributed by atoms with E-state index in [1.807, 2.05) is 6.07 Å². The van der Waals surface area contributed by atoms with E-state index >= 15 is 0 Å². The second kappa shape index (κ2) is 8.15. The van der Waals surface area contributed by atoms with Crippen LogP contribution in [0.4, 0.5) is 0 Å². The average molecular weight is 355 g/mol. The maximum Gasteiger partial charge on any atom is 0.330 e. The van der Waals surface area contributed by atoms with Crippen molar-refractivity contribution in [2.45, 2.75) is 32.7 Å². The van der Waals surface area contributed by atoms with Crippen LogP contribution in [0.3, 0.4) is 0 Å². The lowest BCUT2D eigenvalue weighted by Crippen LogP contribution is -2.23. The number of carbonyl (C=O) groups is 1. The predicted octanol–water partition coefficient (Wildman–Crippen LogP) is 3.87. The second-order valence-corrected chi connectivity index (χ2v) is 7.88. The number of ether oxygens (including phenoxy) is 1. The summed E-state index contributed by atoms with van der Waals surface area (Å²) in [7, 11) is 0.366. The van der Waals surface area contributed by atoms with Crippen molar-refractivity contribution in [2.75, 3.05) is 33.5 Å². The van der Waals surface area contributed by atoms with Crippen molar-refractivity contribution in [3.8, 4) is 5.75 Å². The van der Waals surface area contributed by atoms with Crippen LogP contribution < -0.4 is 4.74 Å². The fraction of sp³-hybridized carbons (Fsp3) is 0.588. The highest BCUT2D eigenvalue weighted by Gasteiger charge is 2.34. The molecule has 0 radical (unpaired) electrons. The van der Waals surface area contributed by atoms with Gasteiger partial charge in [-0.3, -0.25) is 9.36 Å². The van der Waals surface area contributed by atoms with Gasteiger partial charge >= 0.3 is 7.60 Å². The fourth-order valence-electron chi connectivity index (χ4n) is 3.07. The highest BCUT2D eigenvalue weighted by Crippen LogP contribution is 2.49. The van der Waals surface area contributed by atoms with Crippen LogP contribution in [0.5, 0.6) is 5.75 Å². The van der Waals surface area contributed by atoms with Gasteiger partial charge in [0.25, 0.3) is 5.91 Å². The third kappa shape index (κ3) is 4.00. The molecule has 0 bridgehead atoms. The van der Waals surface area contributed by atoms with Gasteiger partial charge in [-0.05, 0) is 50.5 Å². The van der Waals surface area contributed by atoms with E-state index in [4.69, 9.17) is 13.8 Å². The largest absolute Gasteiger partial charge is 0.497 e. The Kier molecular flexibility index (Phi) is 6.44. The Balaban J connectivity index is 2.08. The molecule has 6 nitrogen and oxygen atoms in total. The second-order valence-electron chi connectivity index (χ2n) is 5.70. The molecule has 0 spiro atoms. The molecule has 0 saturated heterocycles. The Bertz CT molecular complexity index is 623.